The van der Waals surface area contributed by atoms with Gasteiger partial charge in [0.25, 0.3) is 5.89 Å². The van der Waals surface area contributed by atoms with E-state index in [4.69, 9.17) is 14.0 Å². The predicted octanol–water partition coefficient (Wildman–Crippen LogP) is 4.56. The molecule has 0 bridgehead atoms. The summed E-state index contributed by atoms with van der Waals surface area (Å²) < 4.78 is 30.2. The van der Waals surface area contributed by atoms with Gasteiger partial charge in [-0.1, -0.05) is 17.3 Å². The molecule has 1 fully saturated rings. The van der Waals surface area contributed by atoms with Crippen LogP contribution in [0.1, 0.15) is 37.3 Å². The van der Waals surface area contributed by atoms with Crippen molar-refractivity contribution in [1.29, 1.82) is 0 Å². The summed E-state index contributed by atoms with van der Waals surface area (Å²) in [5.41, 5.74) is 2.84. The van der Waals surface area contributed by atoms with Crippen molar-refractivity contribution in [2.24, 2.45) is 0 Å². The van der Waals surface area contributed by atoms with Gasteiger partial charge in [-0.05, 0) is 61.7 Å². The van der Waals surface area contributed by atoms with Crippen LogP contribution in [0.2, 0.25) is 0 Å². The fraction of sp³-hybridized carbons (Fsp3) is 0.320. The van der Waals surface area contributed by atoms with Crippen LogP contribution in [0.5, 0.6) is 5.75 Å². The van der Waals surface area contributed by atoms with Crippen molar-refractivity contribution >= 4 is 11.6 Å². The first-order chi connectivity index (χ1) is 16.5. The van der Waals surface area contributed by atoms with Crippen LogP contribution in [0.25, 0.3) is 17.0 Å². The van der Waals surface area contributed by atoms with Crippen LogP contribution in [0, 0.1) is 5.82 Å². The van der Waals surface area contributed by atoms with Crippen LogP contribution in [0.15, 0.2) is 58.8 Å². The molecule has 0 aliphatic carbocycles. The van der Waals surface area contributed by atoms with Gasteiger partial charge in [-0.2, -0.15) is 4.98 Å². The van der Waals surface area contributed by atoms with Crippen molar-refractivity contribution < 1.29 is 23.2 Å². The molecule has 176 valence electrons. The second kappa shape index (κ2) is 9.26. The molecule has 2 aliphatic heterocycles. The molecule has 3 heterocycles. The number of hydrogen-bond acceptors (Lipinski definition) is 6. The number of halogens is 1. The van der Waals surface area contributed by atoms with E-state index < -0.39 is 6.04 Å². The molecule has 5 rings (SSSR count). The normalized spacial score (nSPS) is 20.6. The minimum atomic E-state index is -0.571. The Morgan fingerprint density at radius 3 is 2.62 bits per heavy atom. The highest BCUT2D eigenvalue weighted by molar-refractivity contribution is 5.87. The van der Waals surface area contributed by atoms with E-state index in [1.165, 1.54) is 12.1 Å². The number of urea groups is 1. The summed E-state index contributed by atoms with van der Waals surface area (Å²) >= 11 is 0. The maximum atomic E-state index is 13.6. The number of ether oxygens (including phenoxy) is 2. The molecule has 0 radical (unpaired) electrons. The summed E-state index contributed by atoms with van der Waals surface area (Å²) in [5, 5.41) is 7.19. The predicted molar refractivity (Wildman–Crippen MR) is 122 cm³/mol. The summed E-state index contributed by atoms with van der Waals surface area (Å²) in [7, 11) is 1.60. The Bertz CT molecular complexity index is 1200. The Kier molecular flexibility index (Phi) is 6.02. The summed E-state index contributed by atoms with van der Waals surface area (Å²) in [6.45, 7) is 2.98. The molecular formula is C25H25FN4O4. The molecule has 2 unspecified atom stereocenters. The van der Waals surface area contributed by atoms with Crippen LogP contribution in [0.3, 0.4) is 0 Å². The van der Waals surface area contributed by atoms with E-state index in [0.717, 1.165) is 24.2 Å². The second-order valence-corrected chi connectivity index (χ2v) is 8.33. The van der Waals surface area contributed by atoms with Gasteiger partial charge in [0, 0.05) is 17.9 Å². The monoisotopic (exact) mass is 464 g/mol. The summed E-state index contributed by atoms with van der Waals surface area (Å²) in [6, 6.07) is 12.5. The van der Waals surface area contributed by atoms with Crippen LogP contribution in [0.4, 0.5) is 9.18 Å². The number of aromatic nitrogens is 2. The maximum Gasteiger partial charge on any atom is 0.322 e. The minimum Gasteiger partial charge on any atom is -0.497 e. The molecule has 8 nitrogen and oxygen atoms in total. The highest BCUT2D eigenvalue weighted by atomic mass is 19.1. The number of carbonyl (C=O) groups is 1. The second-order valence-electron chi connectivity index (χ2n) is 8.33. The van der Waals surface area contributed by atoms with Crippen molar-refractivity contribution in [3.63, 3.8) is 0 Å². The molecule has 9 heteroatoms. The molecule has 2 atom stereocenters. The lowest BCUT2D eigenvalue weighted by Crippen LogP contribution is -2.48. The van der Waals surface area contributed by atoms with E-state index in [9.17, 15) is 9.18 Å². The highest BCUT2D eigenvalue weighted by Gasteiger charge is 2.37. The fourth-order valence-corrected chi connectivity index (χ4v) is 4.37. The Morgan fingerprint density at radius 2 is 1.94 bits per heavy atom. The lowest BCUT2D eigenvalue weighted by molar-refractivity contribution is 0.0877. The van der Waals surface area contributed by atoms with Gasteiger partial charge in [-0.25, -0.2) is 9.18 Å². The van der Waals surface area contributed by atoms with E-state index in [0.29, 0.717) is 35.8 Å². The zero-order valence-corrected chi connectivity index (χ0v) is 19.0. The number of nitrogens with zero attached hydrogens (tertiary/aromatic N) is 3. The van der Waals surface area contributed by atoms with Crippen molar-refractivity contribution in [3.8, 4) is 17.1 Å². The number of hydrogen-bond donors (Lipinski definition) is 1. The first-order valence-electron chi connectivity index (χ1n) is 11.2. The van der Waals surface area contributed by atoms with Gasteiger partial charge >= 0.3 is 6.03 Å². The lowest BCUT2D eigenvalue weighted by atomic mass is 9.94. The van der Waals surface area contributed by atoms with E-state index in [1.54, 1.807) is 24.1 Å². The molecule has 0 spiro atoms. The maximum absolute atomic E-state index is 13.6. The van der Waals surface area contributed by atoms with Gasteiger partial charge in [0.15, 0.2) is 0 Å². The number of amides is 2. The standard InChI is InChI=1S/C25H25FN4O4/c1-15-21(24-28-23(29-34-24)17-7-11-19(32-2)12-8-17)22(16-5-9-18(26)10-6-16)27-25(31)30(15)14-20-4-3-13-33-20/h5-12,20,22H,3-4,13-14H2,1-2H3,(H,27,31). The molecule has 2 aliphatic rings. The van der Waals surface area contributed by atoms with Crippen LogP contribution >= 0.6 is 0 Å². The Labute approximate surface area is 196 Å². The van der Waals surface area contributed by atoms with Gasteiger partial charge < -0.3 is 19.3 Å². The lowest BCUT2D eigenvalue weighted by Gasteiger charge is -2.36. The number of allylic oxidation sites excluding steroid dienone is 1. The Hall–Kier alpha value is -3.72. The topological polar surface area (TPSA) is 89.7 Å². The minimum absolute atomic E-state index is 0.0260. The van der Waals surface area contributed by atoms with Crippen LogP contribution in [-0.4, -0.2) is 47.4 Å². The van der Waals surface area contributed by atoms with Gasteiger partial charge in [0.05, 0.1) is 31.4 Å². The molecule has 34 heavy (non-hydrogen) atoms. The summed E-state index contributed by atoms with van der Waals surface area (Å²) in [6.07, 6.45) is 1.85. The molecule has 2 aromatic carbocycles. The average Bonchev–Trinajstić information content (AvgIpc) is 3.54. The van der Waals surface area contributed by atoms with Crippen molar-refractivity contribution in [2.75, 3.05) is 20.3 Å². The fourth-order valence-electron chi connectivity index (χ4n) is 4.37. The molecular weight excluding hydrogens is 439 g/mol. The SMILES string of the molecule is COc1ccc(-c2noc(C3=C(C)N(CC4CCCO4)C(=O)NC3c3ccc(F)cc3)n2)cc1. The molecule has 3 aromatic rings. The van der Waals surface area contributed by atoms with E-state index in [1.807, 2.05) is 31.2 Å². The van der Waals surface area contributed by atoms with Crippen LogP contribution in [-0.2, 0) is 4.74 Å². The number of rotatable bonds is 6. The number of nitrogens with one attached hydrogen (secondary N) is 1. The van der Waals surface area contributed by atoms with Crippen molar-refractivity contribution in [1.82, 2.24) is 20.4 Å². The quantitative estimate of drug-likeness (QED) is 0.575. The molecule has 0 saturated carbocycles. The number of carbonyl (C=O) groups excluding carboxylic acids is 1. The largest absolute Gasteiger partial charge is 0.497 e. The third-order valence-electron chi connectivity index (χ3n) is 6.21. The zero-order chi connectivity index (χ0) is 23.7. The third-order valence-corrected chi connectivity index (χ3v) is 6.21. The number of benzene rings is 2. The molecule has 1 N–H and O–H groups in total. The van der Waals surface area contributed by atoms with Crippen LogP contribution < -0.4 is 10.1 Å². The zero-order valence-electron chi connectivity index (χ0n) is 19.0. The molecule has 1 aromatic heterocycles. The smallest absolute Gasteiger partial charge is 0.322 e. The number of methoxy groups -OCH3 is 1. The van der Waals surface area contributed by atoms with Gasteiger partial charge in [0.1, 0.15) is 11.6 Å². The van der Waals surface area contributed by atoms with E-state index >= 15 is 0 Å². The van der Waals surface area contributed by atoms with E-state index in [-0.39, 0.29) is 23.8 Å². The molecule has 2 amide bonds. The first kappa shape index (κ1) is 22.1. The molecule has 1 saturated heterocycles. The third kappa shape index (κ3) is 4.26. The average molecular weight is 464 g/mol. The highest BCUT2D eigenvalue weighted by Crippen LogP contribution is 2.38. The van der Waals surface area contributed by atoms with Gasteiger partial charge in [-0.15, -0.1) is 0 Å². The van der Waals surface area contributed by atoms with Gasteiger partial charge in [-0.3, -0.25) is 4.90 Å². The Balaban J connectivity index is 1.55. The van der Waals surface area contributed by atoms with Crippen molar-refractivity contribution in [2.45, 2.75) is 31.9 Å². The van der Waals surface area contributed by atoms with Gasteiger partial charge in [0.2, 0.25) is 5.82 Å². The first-order valence-corrected chi connectivity index (χ1v) is 11.2. The van der Waals surface area contributed by atoms with E-state index in [2.05, 4.69) is 15.5 Å². The van der Waals surface area contributed by atoms with Crippen molar-refractivity contribution in [3.05, 3.63) is 71.5 Å². The summed E-state index contributed by atoms with van der Waals surface area (Å²) in [4.78, 5) is 19.4. The summed E-state index contributed by atoms with van der Waals surface area (Å²) in [5.74, 6) is 1.07. The Morgan fingerprint density at radius 1 is 1.18 bits per heavy atom.